The molecular formula is C21H31N3O6S. The number of rotatable bonds is 6. The zero-order valence-electron chi connectivity index (χ0n) is 18.4. The summed E-state index contributed by atoms with van der Waals surface area (Å²) in [6, 6.07) is 4.57. The summed E-state index contributed by atoms with van der Waals surface area (Å²) in [4.78, 5) is 36.0. The molecule has 0 bridgehead atoms. The summed E-state index contributed by atoms with van der Waals surface area (Å²) >= 11 is 0. The molecule has 0 heterocycles. The van der Waals surface area contributed by atoms with Crippen molar-refractivity contribution in [1.82, 2.24) is 15.4 Å². The number of urea groups is 1. The molecule has 0 saturated heterocycles. The molecule has 172 valence electrons. The number of ether oxygens (including phenoxy) is 1. The fraction of sp³-hybridized carbons (Fsp3) is 0.571. The second kappa shape index (κ2) is 10.2. The number of hydrogen-bond donors (Lipinski definition) is 3. The number of nitrogens with one attached hydrogen (secondary N) is 3. The molecule has 2 atom stereocenters. The Labute approximate surface area is 183 Å². The van der Waals surface area contributed by atoms with E-state index in [1.807, 2.05) is 0 Å². The van der Waals surface area contributed by atoms with Crippen LogP contribution in [0.1, 0.15) is 63.7 Å². The first-order valence-corrected chi connectivity index (χ1v) is 11.8. The van der Waals surface area contributed by atoms with E-state index in [2.05, 4.69) is 22.3 Å². The molecule has 0 radical (unpaired) electrons. The Morgan fingerprint density at radius 3 is 2.26 bits per heavy atom. The Balaban J connectivity index is 1.83. The Hall–Kier alpha value is -2.46. The van der Waals surface area contributed by atoms with Crippen LogP contribution >= 0.6 is 0 Å². The molecule has 2 rings (SSSR count). The zero-order valence-corrected chi connectivity index (χ0v) is 19.2. The van der Waals surface area contributed by atoms with Gasteiger partial charge in [0.05, 0.1) is 10.5 Å². The number of imide groups is 1. The smallest absolute Gasteiger partial charge is 0.338 e. The molecule has 1 saturated carbocycles. The van der Waals surface area contributed by atoms with Crippen molar-refractivity contribution < 1.29 is 27.5 Å². The van der Waals surface area contributed by atoms with Crippen LogP contribution in [0, 0.1) is 5.92 Å². The molecule has 10 heteroatoms. The molecule has 0 aliphatic heterocycles. The molecule has 9 nitrogen and oxygen atoms in total. The van der Waals surface area contributed by atoms with Gasteiger partial charge in [-0.25, -0.2) is 22.7 Å². The van der Waals surface area contributed by atoms with Gasteiger partial charge in [0, 0.05) is 11.6 Å². The largest absolute Gasteiger partial charge is 0.452 e. The van der Waals surface area contributed by atoms with Gasteiger partial charge in [-0.3, -0.25) is 10.1 Å². The number of amides is 3. The molecular weight excluding hydrogens is 422 g/mol. The van der Waals surface area contributed by atoms with Gasteiger partial charge in [0.15, 0.2) is 6.61 Å². The van der Waals surface area contributed by atoms with E-state index in [-0.39, 0.29) is 16.5 Å². The Morgan fingerprint density at radius 1 is 1.06 bits per heavy atom. The molecule has 1 aliphatic rings. The lowest BCUT2D eigenvalue weighted by molar-refractivity contribution is -0.123. The van der Waals surface area contributed by atoms with Crippen LogP contribution in [0.25, 0.3) is 0 Å². The van der Waals surface area contributed by atoms with Gasteiger partial charge in [-0.2, -0.15) is 0 Å². The first-order chi connectivity index (χ1) is 14.4. The number of sulfonamides is 1. The Kier molecular flexibility index (Phi) is 8.19. The molecule has 1 fully saturated rings. The number of esters is 1. The van der Waals surface area contributed by atoms with Crippen LogP contribution in [0.15, 0.2) is 29.2 Å². The second-order valence-electron chi connectivity index (χ2n) is 8.85. The predicted molar refractivity (Wildman–Crippen MR) is 115 cm³/mol. The van der Waals surface area contributed by atoms with E-state index in [9.17, 15) is 22.8 Å². The highest BCUT2D eigenvalue weighted by Gasteiger charge is 2.24. The number of carbonyl (C=O) groups is 3. The van der Waals surface area contributed by atoms with Gasteiger partial charge in [0.1, 0.15) is 0 Å². The van der Waals surface area contributed by atoms with Crippen molar-refractivity contribution in [2.75, 3.05) is 6.61 Å². The van der Waals surface area contributed by atoms with Crippen molar-refractivity contribution in [3.63, 3.8) is 0 Å². The topological polar surface area (TPSA) is 131 Å². The van der Waals surface area contributed by atoms with Crippen molar-refractivity contribution >= 4 is 27.9 Å². The van der Waals surface area contributed by atoms with Crippen LogP contribution in [0.5, 0.6) is 0 Å². The average molecular weight is 454 g/mol. The summed E-state index contributed by atoms with van der Waals surface area (Å²) in [5.41, 5.74) is -0.562. The van der Waals surface area contributed by atoms with E-state index >= 15 is 0 Å². The average Bonchev–Trinajstić information content (AvgIpc) is 2.66. The van der Waals surface area contributed by atoms with Crippen LogP contribution in [-0.2, 0) is 19.6 Å². The van der Waals surface area contributed by atoms with Gasteiger partial charge < -0.3 is 10.1 Å². The second-order valence-corrected chi connectivity index (χ2v) is 10.5. The highest BCUT2D eigenvalue weighted by atomic mass is 32.2. The lowest BCUT2D eigenvalue weighted by atomic mass is 9.86. The van der Waals surface area contributed by atoms with Gasteiger partial charge in [0.25, 0.3) is 5.91 Å². The maximum Gasteiger partial charge on any atom is 0.338 e. The summed E-state index contributed by atoms with van der Waals surface area (Å²) in [5.74, 6) is -1.20. The van der Waals surface area contributed by atoms with Crippen molar-refractivity contribution in [1.29, 1.82) is 0 Å². The summed E-state index contributed by atoms with van der Waals surface area (Å²) < 4.78 is 32.0. The summed E-state index contributed by atoms with van der Waals surface area (Å²) in [5, 5.41) is 4.93. The summed E-state index contributed by atoms with van der Waals surface area (Å²) in [6.45, 7) is 6.59. The lowest BCUT2D eigenvalue weighted by Gasteiger charge is -2.29. The normalized spacial score (nSPS) is 19.4. The maximum absolute atomic E-state index is 12.3. The van der Waals surface area contributed by atoms with E-state index in [1.165, 1.54) is 24.3 Å². The third-order valence-electron chi connectivity index (χ3n) is 4.86. The van der Waals surface area contributed by atoms with E-state index in [0.29, 0.717) is 5.92 Å². The third-order valence-corrected chi connectivity index (χ3v) is 6.63. The number of carbonyl (C=O) groups excluding carboxylic acids is 3. The molecule has 3 amide bonds. The van der Waals surface area contributed by atoms with Gasteiger partial charge in [0.2, 0.25) is 10.0 Å². The quantitative estimate of drug-likeness (QED) is 0.567. The standard InChI is InChI=1S/C21H31N3O6S/c1-14-7-5-6-8-17(14)22-20(27)23-18(25)13-30-19(26)15-9-11-16(12-10-15)31(28,29)24-21(2,3)4/h9-12,14,17,24H,5-8,13H2,1-4H3,(H2,22,23,25,27). The van der Waals surface area contributed by atoms with Crippen LogP contribution in [0.2, 0.25) is 0 Å². The monoisotopic (exact) mass is 453 g/mol. The molecule has 31 heavy (non-hydrogen) atoms. The minimum absolute atomic E-state index is 0.00494. The lowest BCUT2D eigenvalue weighted by Crippen LogP contribution is -2.48. The molecule has 0 aromatic heterocycles. The van der Waals surface area contributed by atoms with Gasteiger partial charge >= 0.3 is 12.0 Å². The van der Waals surface area contributed by atoms with Crippen molar-refractivity contribution in [3.05, 3.63) is 29.8 Å². The maximum atomic E-state index is 12.3. The van der Waals surface area contributed by atoms with Crippen molar-refractivity contribution in [3.8, 4) is 0 Å². The molecule has 1 aliphatic carbocycles. The van der Waals surface area contributed by atoms with Crippen LogP contribution in [0.4, 0.5) is 4.79 Å². The fourth-order valence-corrected chi connectivity index (χ4v) is 4.76. The van der Waals surface area contributed by atoms with E-state index < -0.39 is 40.1 Å². The van der Waals surface area contributed by atoms with Gasteiger partial charge in [-0.05, 0) is 63.8 Å². The SMILES string of the molecule is CC1CCCCC1NC(=O)NC(=O)COC(=O)c1ccc(S(=O)(=O)NC(C)(C)C)cc1. The van der Waals surface area contributed by atoms with Gasteiger partial charge in [-0.1, -0.05) is 19.8 Å². The third kappa shape index (κ3) is 7.95. The van der Waals surface area contributed by atoms with Gasteiger partial charge in [-0.15, -0.1) is 0 Å². The van der Waals surface area contributed by atoms with Crippen molar-refractivity contribution in [2.24, 2.45) is 5.92 Å². The number of benzene rings is 1. The number of hydrogen-bond acceptors (Lipinski definition) is 6. The Bertz CT molecular complexity index is 906. The summed E-state index contributed by atoms with van der Waals surface area (Å²) in [6.07, 6.45) is 4.07. The zero-order chi connectivity index (χ0) is 23.2. The predicted octanol–water partition coefficient (Wildman–Crippen LogP) is 2.32. The van der Waals surface area contributed by atoms with Crippen LogP contribution < -0.4 is 15.4 Å². The molecule has 1 aromatic carbocycles. The first-order valence-electron chi connectivity index (χ1n) is 10.3. The van der Waals surface area contributed by atoms with Crippen LogP contribution in [-0.4, -0.2) is 44.5 Å². The first kappa shape index (κ1) is 24.8. The van der Waals surface area contributed by atoms with Crippen molar-refractivity contribution in [2.45, 2.75) is 69.9 Å². The molecule has 2 unspecified atom stereocenters. The van der Waals surface area contributed by atoms with E-state index in [1.54, 1.807) is 20.8 Å². The van der Waals surface area contributed by atoms with E-state index in [4.69, 9.17) is 4.74 Å². The minimum atomic E-state index is -3.73. The minimum Gasteiger partial charge on any atom is -0.452 e. The van der Waals surface area contributed by atoms with E-state index in [0.717, 1.165) is 25.7 Å². The highest BCUT2D eigenvalue weighted by molar-refractivity contribution is 7.89. The molecule has 1 aromatic rings. The Morgan fingerprint density at radius 2 is 1.68 bits per heavy atom. The highest BCUT2D eigenvalue weighted by Crippen LogP contribution is 2.23. The molecule has 0 spiro atoms. The molecule has 3 N–H and O–H groups in total. The fourth-order valence-electron chi connectivity index (χ4n) is 3.34. The van der Waals surface area contributed by atoms with Crippen LogP contribution in [0.3, 0.4) is 0 Å². The summed E-state index contributed by atoms with van der Waals surface area (Å²) in [7, 11) is -3.73.